The minimum atomic E-state index is -3.78. The number of hydrogen-bond donors (Lipinski definition) is 0. The molecule has 0 aliphatic carbocycles. The fourth-order valence-corrected chi connectivity index (χ4v) is 1.69. The molecular formula is C6H5Cl2NO3S. The molecule has 0 atom stereocenters. The lowest BCUT2D eigenvalue weighted by molar-refractivity contribution is 0.397. The highest BCUT2D eigenvalue weighted by atomic mass is 35.7. The van der Waals surface area contributed by atoms with Gasteiger partial charge in [0.05, 0.1) is 13.3 Å². The fraction of sp³-hybridized carbons (Fsp3) is 0.167. The average molecular weight is 242 g/mol. The van der Waals surface area contributed by atoms with Crippen LogP contribution in [-0.4, -0.2) is 20.5 Å². The quantitative estimate of drug-likeness (QED) is 0.740. The maximum atomic E-state index is 10.8. The van der Waals surface area contributed by atoms with Crippen molar-refractivity contribution in [3.63, 3.8) is 0 Å². The van der Waals surface area contributed by atoms with E-state index in [1.54, 1.807) is 0 Å². The Hall–Kier alpha value is -0.520. The normalized spacial score (nSPS) is 11.3. The van der Waals surface area contributed by atoms with Gasteiger partial charge in [-0.3, -0.25) is 0 Å². The van der Waals surface area contributed by atoms with Gasteiger partial charge < -0.3 is 4.74 Å². The maximum Gasteiger partial charge on any atom is 0.262 e. The largest absolute Gasteiger partial charge is 0.480 e. The number of pyridine rings is 1. The molecule has 72 valence electrons. The monoisotopic (exact) mass is 241 g/mol. The molecule has 0 unspecified atom stereocenters. The van der Waals surface area contributed by atoms with E-state index in [0.717, 1.165) is 6.20 Å². The highest BCUT2D eigenvalue weighted by Gasteiger charge is 2.13. The van der Waals surface area contributed by atoms with Crippen molar-refractivity contribution in [3.8, 4) is 5.88 Å². The third-order valence-electron chi connectivity index (χ3n) is 1.26. The van der Waals surface area contributed by atoms with Gasteiger partial charge in [-0.05, 0) is 6.07 Å². The molecule has 0 aromatic carbocycles. The Labute approximate surface area is 84.9 Å². The zero-order valence-corrected chi connectivity index (χ0v) is 8.82. The van der Waals surface area contributed by atoms with Crippen molar-refractivity contribution in [1.82, 2.24) is 4.98 Å². The summed E-state index contributed by atoms with van der Waals surface area (Å²) in [5.41, 5.74) is 0. The van der Waals surface area contributed by atoms with E-state index in [0.29, 0.717) is 0 Å². The predicted octanol–water partition coefficient (Wildman–Crippen LogP) is 1.67. The van der Waals surface area contributed by atoms with E-state index in [2.05, 4.69) is 4.98 Å². The Bertz CT molecular complexity index is 418. The summed E-state index contributed by atoms with van der Waals surface area (Å²) in [5.74, 6) is 0.158. The Balaban J connectivity index is 3.26. The number of rotatable bonds is 2. The molecule has 0 radical (unpaired) electrons. The first-order chi connectivity index (χ1) is 5.95. The molecule has 0 aliphatic rings. The highest BCUT2D eigenvalue weighted by Crippen LogP contribution is 2.25. The van der Waals surface area contributed by atoms with Gasteiger partial charge in [0.15, 0.2) is 0 Å². The number of nitrogens with zero attached hydrogens (tertiary/aromatic N) is 1. The van der Waals surface area contributed by atoms with Gasteiger partial charge in [-0.25, -0.2) is 13.4 Å². The fourth-order valence-electron chi connectivity index (χ4n) is 0.691. The van der Waals surface area contributed by atoms with Crippen LogP contribution in [0.15, 0.2) is 17.2 Å². The number of hydrogen-bond acceptors (Lipinski definition) is 4. The van der Waals surface area contributed by atoms with Crippen LogP contribution in [0.4, 0.5) is 0 Å². The van der Waals surface area contributed by atoms with Crippen LogP contribution in [0.5, 0.6) is 5.88 Å². The molecule has 0 aliphatic heterocycles. The molecule has 0 saturated carbocycles. The van der Waals surface area contributed by atoms with Gasteiger partial charge in [0.1, 0.15) is 9.92 Å². The molecule has 0 spiro atoms. The summed E-state index contributed by atoms with van der Waals surface area (Å²) in [7, 11) is 2.66. The highest BCUT2D eigenvalue weighted by molar-refractivity contribution is 8.13. The molecule has 0 saturated heterocycles. The standard InChI is InChI=1S/C6H5Cl2NO3S/c1-12-6-5(7)2-4(3-9-6)13(8,10)11/h2-3H,1H3. The molecule has 0 fully saturated rings. The van der Waals surface area contributed by atoms with E-state index < -0.39 is 9.05 Å². The summed E-state index contributed by atoms with van der Waals surface area (Å²) in [6.45, 7) is 0. The topological polar surface area (TPSA) is 56.3 Å². The average Bonchev–Trinajstić information content (AvgIpc) is 2.02. The van der Waals surface area contributed by atoms with Crippen LogP contribution in [0.2, 0.25) is 5.02 Å². The second-order valence-electron chi connectivity index (χ2n) is 2.10. The molecule has 1 heterocycles. The second kappa shape index (κ2) is 3.69. The maximum absolute atomic E-state index is 10.8. The van der Waals surface area contributed by atoms with Gasteiger partial charge in [-0.15, -0.1) is 0 Å². The first-order valence-corrected chi connectivity index (χ1v) is 5.78. The first-order valence-electron chi connectivity index (χ1n) is 3.09. The zero-order chi connectivity index (χ0) is 10.1. The van der Waals surface area contributed by atoms with Crippen molar-refractivity contribution in [2.45, 2.75) is 4.90 Å². The van der Waals surface area contributed by atoms with E-state index in [1.807, 2.05) is 0 Å². The smallest absolute Gasteiger partial charge is 0.262 e. The Kier molecular flexibility index (Phi) is 3.00. The SMILES string of the molecule is COc1ncc(S(=O)(=O)Cl)cc1Cl. The van der Waals surface area contributed by atoms with Gasteiger partial charge in [0.2, 0.25) is 5.88 Å². The molecule has 0 bridgehead atoms. The Morgan fingerprint density at radius 1 is 1.54 bits per heavy atom. The van der Waals surface area contributed by atoms with E-state index in [1.165, 1.54) is 13.2 Å². The molecule has 1 rings (SSSR count). The molecule has 4 nitrogen and oxygen atoms in total. The number of halogens is 2. The molecule has 13 heavy (non-hydrogen) atoms. The zero-order valence-electron chi connectivity index (χ0n) is 6.49. The minimum absolute atomic E-state index is 0.101. The van der Waals surface area contributed by atoms with Crippen molar-refractivity contribution >= 4 is 31.3 Å². The molecule has 0 amide bonds. The summed E-state index contributed by atoms with van der Waals surface area (Å²) in [6, 6.07) is 1.18. The molecular weight excluding hydrogens is 237 g/mol. The van der Waals surface area contributed by atoms with Crippen LogP contribution in [0.1, 0.15) is 0 Å². The summed E-state index contributed by atoms with van der Waals surface area (Å²) in [5, 5.41) is 0.101. The predicted molar refractivity (Wildman–Crippen MR) is 48.8 cm³/mol. The summed E-state index contributed by atoms with van der Waals surface area (Å²) in [4.78, 5) is 3.49. The molecule has 1 aromatic rings. The molecule has 7 heteroatoms. The van der Waals surface area contributed by atoms with Crippen molar-refractivity contribution in [2.24, 2.45) is 0 Å². The summed E-state index contributed by atoms with van der Waals surface area (Å²) >= 11 is 5.62. The van der Waals surface area contributed by atoms with E-state index in [9.17, 15) is 8.42 Å². The van der Waals surface area contributed by atoms with E-state index in [-0.39, 0.29) is 15.8 Å². The van der Waals surface area contributed by atoms with Crippen molar-refractivity contribution < 1.29 is 13.2 Å². The van der Waals surface area contributed by atoms with Gasteiger partial charge in [0, 0.05) is 10.7 Å². The van der Waals surface area contributed by atoms with Crippen LogP contribution in [0.25, 0.3) is 0 Å². The van der Waals surface area contributed by atoms with Gasteiger partial charge >= 0.3 is 0 Å². The second-order valence-corrected chi connectivity index (χ2v) is 5.07. The lowest BCUT2D eigenvalue weighted by Gasteiger charge is -2.01. The first kappa shape index (κ1) is 10.6. The minimum Gasteiger partial charge on any atom is -0.480 e. The number of ether oxygens (including phenoxy) is 1. The Morgan fingerprint density at radius 2 is 2.15 bits per heavy atom. The van der Waals surface area contributed by atoms with Crippen molar-refractivity contribution in [3.05, 3.63) is 17.3 Å². The van der Waals surface area contributed by atoms with Crippen LogP contribution in [0, 0.1) is 0 Å². The number of aromatic nitrogens is 1. The third kappa shape index (κ3) is 2.46. The lowest BCUT2D eigenvalue weighted by Crippen LogP contribution is -1.94. The van der Waals surface area contributed by atoms with Crippen LogP contribution >= 0.6 is 22.3 Å². The Morgan fingerprint density at radius 3 is 2.54 bits per heavy atom. The third-order valence-corrected chi connectivity index (χ3v) is 2.85. The van der Waals surface area contributed by atoms with Crippen LogP contribution < -0.4 is 4.74 Å². The lowest BCUT2D eigenvalue weighted by atomic mass is 10.5. The van der Waals surface area contributed by atoms with E-state index in [4.69, 9.17) is 27.0 Å². The van der Waals surface area contributed by atoms with Crippen molar-refractivity contribution in [2.75, 3.05) is 7.11 Å². The van der Waals surface area contributed by atoms with Gasteiger partial charge in [0.25, 0.3) is 9.05 Å². The molecule has 1 aromatic heterocycles. The summed E-state index contributed by atoms with van der Waals surface area (Å²) < 4.78 is 26.4. The van der Waals surface area contributed by atoms with Crippen LogP contribution in [0.3, 0.4) is 0 Å². The number of methoxy groups -OCH3 is 1. The van der Waals surface area contributed by atoms with Gasteiger partial charge in [-0.2, -0.15) is 0 Å². The van der Waals surface area contributed by atoms with Crippen molar-refractivity contribution in [1.29, 1.82) is 0 Å². The van der Waals surface area contributed by atoms with Crippen LogP contribution in [-0.2, 0) is 9.05 Å². The summed E-state index contributed by atoms with van der Waals surface area (Å²) in [6.07, 6.45) is 1.08. The van der Waals surface area contributed by atoms with E-state index >= 15 is 0 Å². The molecule has 0 N–H and O–H groups in total. The van der Waals surface area contributed by atoms with Gasteiger partial charge in [-0.1, -0.05) is 11.6 Å².